The fourth-order valence-corrected chi connectivity index (χ4v) is 2.32. The molecule has 0 amide bonds. The number of methoxy groups -OCH3 is 1. The van der Waals surface area contributed by atoms with E-state index in [2.05, 4.69) is 44.9 Å². The largest absolute Gasteiger partial charge is 0.497 e. The highest BCUT2D eigenvalue weighted by Crippen LogP contribution is 2.19. The molecule has 0 aliphatic heterocycles. The smallest absolute Gasteiger partial charge is 0.135 e. The van der Waals surface area contributed by atoms with Crippen molar-refractivity contribution in [3.8, 4) is 5.75 Å². The molecule has 0 radical (unpaired) electrons. The molecule has 3 aromatic rings. The molecule has 2 N–H and O–H groups in total. The van der Waals surface area contributed by atoms with Crippen LogP contribution in [-0.2, 0) is 6.42 Å². The predicted molar refractivity (Wildman–Crippen MR) is 96.9 cm³/mol. The summed E-state index contributed by atoms with van der Waals surface area (Å²) in [7, 11) is 1.65. The Morgan fingerprint density at radius 2 is 1.67 bits per heavy atom. The van der Waals surface area contributed by atoms with Crippen molar-refractivity contribution in [1.82, 2.24) is 9.97 Å². The van der Waals surface area contributed by atoms with E-state index in [1.54, 1.807) is 13.4 Å². The van der Waals surface area contributed by atoms with Gasteiger partial charge < -0.3 is 15.4 Å². The van der Waals surface area contributed by atoms with E-state index in [0.717, 1.165) is 36.0 Å². The fraction of sp³-hybridized carbons (Fsp3) is 0.158. The van der Waals surface area contributed by atoms with Gasteiger partial charge in [0.15, 0.2) is 0 Å². The minimum absolute atomic E-state index is 0.748. The van der Waals surface area contributed by atoms with Crippen LogP contribution in [0.3, 0.4) is 0 Å². The number of aromatic nitrogens is 2. The highest BCUT2D eigenvalue weighted by Gasteiger charge is 2.00. The van der Waals surface area contributed by atoms with E-state index < -0.39 is 0 Å². The first-order chi connectivity index (χ1) is 11.8. The molecule has 1 aromatic heterocycles. The molecular formula is C19H20N4O. The lowest BCUT2D eigenvalue weighted by molar-refractivity contribution is 0.415. The maximum absolute atomic E-state index is 5.16. The number of hydrogen-bond acceptors (Lipinski definition) is 5. The zero-order valence-electron chi connectivity index (χ0n) is 13.6. The Bertz CT molecular complexity index is 760. The van der Waals surface area contributed by atoms with Crippen LogP contribution in [0.1, 0.15) is 5.56 Å². The number of ether oxygens (including phenoxy) is 1. The second kappa shape index (κ2) is 7.97. The third-order valence-corrected chi connectivity index (χ3v) is 3.59. The van der Waals surface area contributed by atoms with Crippen LogP contribution in [0.4, 0.5) is 17.3 Å². The van der Waals surface area contributed by atoms with Gasteiger partial charge in [0.1, 0.15) is 23.7 Å². The lowest BCUT2D eigenvalue weighted by Gasteiger charge is -2.09. The van der Waals surface area contributed by atoms with E-state index in [4.69, 9.17) is 4.74 Å². The first kappa shape index (κ1) is 15.8. The summed E-state index contributed by atoms with van der Waals surface area (Å²) in [5, 5.41) is 6.58. The minimum atomic E-state index is 0.748. The number of nitrogens with zero attached hydrogens (tertiary/aromatic N) is 2. The van der Waals surface area contributed by atoms with E-state index in [0.29, 0.717) is 0 Å². The number of anilines is 3. The predicted octanol–water partition coefficient (Wildman–Crippen LogP) is 3.88. The van der Waals surface area contributed by atoms with Crippen molar-refractivity contribution < 1.29 is 4.74 Å². The topological polar surface area (TPSA) is 59.1 Å². The van der Waals surface area contributed by atoms with Gasteiger partial charge in [-0.05, 0) is 36.2 Å². The zero-order chi connectivity index (χ0) is 16.6. The van der Waals surface area contributed by atoms with Gasteiger partial charge in [0.2, 0.25) is 0 Å². The molecule has 0 unspecified atom stereocenters. The van der Waals surface area contributed by atoms with E-state index in [9.17, 15) is 0 Å². The van der Waals surface area contributed by atoms with Gasteiger partial charge in [-0.15, -0.1) is 0 Å². The summed E-state index contributed by atoms with van der Waals surface area (Å²) >= 11 is 0. The highest BCUT2D eigenvalue weighted by molar-refractivity contribution is 5.59. The molecule has 0 aliphatic carbocycles. The van der Waals surface area contributed by atoms with Gasteiger partial charge in [-0.2, -0.15) is 0 Å². The van der Waals surface area contributed by atoms with Crippen LogP contribution < -0.4 is 15.4 Å². The summed E-state index contributed by atoms with van der Waals surface area (Å²) in [5.41, 5.74) is 2.25. The summed E-state index contributed by atoms with van der Waals surface area (Å²) in [6.07, 6.45) is 2.50. The van der Waals surface area contributed by atoms with E-state index in [-0.39, 0.29) is 0 Å². The van der Waals surface area contributed by atoms with E-state index in [1.807, 2.05) is 36.4 Å². The van der Waals surface area contributed by atoms with Crippen molar-refractivity contribution in [3.05, 3.63) is 72.6 Å². The Labute approximate surface area is 141 Å². The molecule has 5 nitrogen and oxygen atoms in total. The summed E-state index contributed by atoms with van der Waals surface area (Å²) < 4.78 is 5.16. The molecular weight excluding hydrogens is 300 g/mol. The van der Waals surface area contributed by atoms with Crippen LogP contribution in [-0.4, -0.2) is 23.6 Å². The van der Waals surface area contributed by atoms with Crippen molar-refractivity contribution in [2.75, 3.05) is 24.3 Å². The Morgan fingerprint density at radius 3 is 2.42 bits per heavy atom. The number of nitrogens with one attached hydrogen (secondary N) is 2. The van der Waals surface area contributed by atoms with Crippen LogP contribution in [0.2, 0.25) is 0 Å². The third-order valence-electron chi connectivity index (χ3n) is 3.59. The van der Waals surface area contributed by atoms with Crippen LogP contribution in [0.15, 0.2) is 67.0 Å². The van der Waals surface area contributed by atoms with Gasteiger partial charge in [0, 0.05) is 18.3 Å². The second-order valence-electron chi connectivity index (χ2n) is 5.30. The molecule has 2 aromatic carbocycles. The van der Waals surface area contributed by atoms with Crippen molar-refractivity contribution in [2.24, 2.45) is 0 Å². The summed E-state index contributed by atoms with van der Waals surface area (Å²) in [5.74, 6) is 2.38. The van der Waals surface area contributed by atoms with Gasteiger partial charge in [-0.1, -0.05) is 30.3 Å². The average molecular weight is 320 g/mol. The van der Waals surface area contributed by atoms with Gasteiger partial charge >= 0.3 is 0 Å². The molecule has 0 atom stereocenters. The number of hydrogen-bond donors (Lipinski definition) is 2. The van der Waals surface area contributed by atoms with Crippen molar-refractivity contribution in [2.45, 2.75) is 6.42 Å². The SMILES string of the molecule is COc1ccc(Nc2cc(NCCc3ccccc3)ncn2)cc1. The standard InChI is InChI=1S/C19H20N4O/c1-24-17-9-7-16(8-10-17)23-19-13-18(21-14-22-19)20-12-11-15-5-3-2-4-6-15/h2-10,13-14H,11-12H2,1H3,(H2,20,21,22,23). The molecule has 0 spiro atoms. The van der Waals surface area contributed by atoms with Crippen molar-refractivity contribution >= 4 is 17.3 Å². The number of rotatable bonds is 7. The highest BCUT2D eigenvalue weighted by atomic mass is 16.5. The molecule has 0 bridgehead atoms. The lowest BCUT2D eigenvalue weighted by atomic mass is 10.1. The first-order valence-electron chi connectivity index (χ1n) is 7.84. The quantitative estimate of drug-likeness (QED) is 0.692. The van der Waals surface area contributed by atoms with Gasteiger partial charge in [-0.3, -0.25) is 0 Å². The van der Waals surface area contributed by atoms with Crippen LogP contribution in [0.5, 0.6) is 5.75 Å². The monoisotopic (exact) mass is 320 g/mol. The minimum Gasteiger partial charge on any atom is -0.497 e. The van der Waals surface area contributed by atoms with Crippen LogP contribution in [0.25, 0.3) is 0 Å². The second-order valence-corrected chi connectivity index (χ2v) is 5.30. The Hall–Kier alpha value is -3.08. The average Bonchev–Trinajstić information content (AvgIpc) is 2.64. The van der Waals surface area contributed by atoms with Gasteiger partial charge in [-0.25, -0.2) is 9.97 Å². The third kappa shape index (κ3) is 4.46. The summed E-state index contributed by atoms with van der Waals surface area (Å²) in [6, 6.07) is 20.0. The fourth-order valence-electron chi connectivity index (χ4n) is 2.32. The zero-order valence-corrected chi connectivity index (χ0v) is 13.6. The molecule has 0 saturated heterocycles. The maximum Gasteiger partial charge on any atom is 0.135 e. The molecule has 1 heterocycles. The maximum atomic E-state index is 5.16. The Kier molecular flexibility index (Phi) is 5.24. The van der Waals surface area contributed by atoms with Crippen molar-refractivity contribution in [3.63, 3.8) is 0 Å². The van der Waals surface area contributed by atoms with Crippen LogP contribution >= 0.6 is 0 Å². The first-order valence-corrected chi connectivity index (χ1v) is 7.84. The van der Waals surface area contributed by atoms with Crippen LogP contribution in [0, 0.1) is 0 Å². The van der Waals surface area contributed by atoms with E-state index >= 15 is 0 Å². The summed E-state index contributed by atoms with van der Waals surface area (Å²) in [4.78, 5) is 8.51. The number of benzene rings is 2. The normalized spacial score (nSPS) is 10.2. The lowest BCUT2D eigenvalue weighted by Crippen LogP contribution is -2.07. The van der Waals surface area contributed by atoms with Gasteiger partial charge in [0.25, 0.3) is 0 Å². The molecule has 5 heteroatoms. The molecule has 0 saturated carbocycles. The molecule has 24 heavy (non-hydrogen) atoms. The molecule has 0 fully saturated rings. The Balaban J connectivity index is 1.57. The van der Waals surface area contributed by atoms with Crippen molar-refractivity contribution in [1.29, 1.82) is 0 Å². The molecule has 0 aliphatic rings. The molecule has 3 rings (SSSR count). The molecule has 122 valence electrons. The Morgan fingerprint density at radius 1 is 0.917 bits per heavy atom. The summed E-state index contributed by atoms with van der Waals surface area (Å²) in [6.45, 7) is 0.822. The van der Waals surface area contributed by atoms with Gasteiger partial charge in [0.05, 0.1) is 7.11 Å². The van der Waals surface area contributed by atoms with E-state index in [1.165, 1.54) is 5.56 Å².